The SMILES string of the molecule is CC(C)[C@@H](C(=O)O)N(Cc1cccc(-c2cc(C(N)=O)c(NC(N)=O)s2)c1)C1CCCC1. The normalized spacial score (nSPS) is 15.2. The Balaban J connectivity index is 1.93. The van der Waals surface area contributed by atoms with Gasteiger partial charge in [0.25, 0.3) is 5.91 Å². The van der Waals surface area contributed by atoms with Gasteiger partial charge in [-0.15, -0.1) is 11.3 Å². The molecule has 3 amide bonds. The lowest BCUT2D eigenvalue weighted by Crippen LogP contribution is -2.48. The van der Waals surface area contributed by atoms with Crippen LogP contribution in [-0.2, 0) is 11.3 Å². The van der Waals surface area contributed by atoms with Gasteiger partial charge >= 0.3 is 12.0 Å². The Hall–Kier alpha value is -2.91. The number of amides is 3. The molecule has 1 aliphatic carbocycles. The Morgan fingerprint density at radius 3 is 2.44 bits per heavy atom. The summed E-state index contributed by atoms with van der Waals surface area (Å²) in [5, 5.41) is 12.7. The molecule has 3 rings (SSSR count). The van der Waals surface area contributed by atoms with Gasteiger partial charge in [-0.25, -0.2) is 4.79 Å². The Bertz CT molecular complexity index is 998. The van der Waals surface area contributed by atoms with Gasteiger partial charge in [0.1, 0.15) is 11.0 Å². The number of nitrogens with two attached hydrogens (primary N) is 2. The van der Waals surface area contributed by atoms with E-state index in [0.29, 0.717) is 11.5 Å². The van der Waals surface area contributed by atoms with Crippen LogP contribution in [0.15, 0.2) is 30.3 Å². The summed E-state index contributed by atoms with van der Waals surface area (Å²) in [6, 6.07) is 8.35. The molecule has 0 spiro atoms. The summed E-state index contributed by atoms with van der Waals surface area (Å²) in [6.07, 6.45) is 4.25. The number of anilines is 1. The molecule has 0 saturated heterocycles. The van der Waals surface area contributed by atoms with Gasteiger partial charge in [0.15, 0.2) is 0 Å². The van der Waals surface area contributed by atoms with E-state index < -0.39 is 23.9 Å². The van der Waals surface area contributed by atoms with Crippen LogP contribution in [0, 0.1) is 5.92 Å². The predicted octanol–water partition coefficient (Wildman–Crippen LogP) is 3.86. The number of hydrogen-bond acceptors (Lipinski definition) is 5. The van der Waals surface area contributed by atoms with Crippen LogP contribution in [0.4, 0.5) is 9.80 Å². The number of carboxylic acids is 1. The molecule has 9 heteroatoms. The third kappa shape index (κ3) is 5.46. The van der Waals surface area contributed by atoms with Crippen LogP contribution in [-0.4, -0.2) is 40.0 Å². The van der Waals surface area contributed by atoms with E-state index in [1.54, 1.807) is 6.07 Å². The van der Waals surface area contributed by atoms with E-state index in [0.717, 1.165) is 41.7 Å². The van der Waals surface area contributed by atoms with Gasteiger partial charge in [0, 0.05) is 17.5 Å². The van der Waals surface area contributed by atoms with Gasteiger partial charge in [-0.3, -0.25) is 19.8 Å². The molecule has 6 N–H and O–H groups in total. The molecule has 2 aromatic rings. The second kappa shape index (κ2) is 10.1. The number of benzene rings is 1. The molecule has 8 nitrogen and oxygen atoms in total. The summed E-state index contributed by atoms with van der Waals surface area (Å²) in [7, 11) is 0. The van der Waals surface area contributed by atoms with Gasteiger partial charge < -0.3 is 16.6 Å². The Kier molecular flexibility index (Phi) is 7.52. The van der Waals surface area contributed by atoms with Crippen molar-refractivity contribution in [1.29, 1.82) is 0 Å². The first kappa shape index (κ1) is 23.7. The van der Waals surface area contributed by atoms with Gasteiger partial charge in [0.2, 0.25) is 0 Å². The number of carboxylic acid groups (broad SMARTS) is 1. The fourth-order valence-electron chi connectivity index (χ4n) is 4.46. The van der Waals surface area contributed by atoms with Crippen LogP contribution in [0.25, 0.3) is 10.4 Å². The molecule has 1 aromatic heterocycles. The minimum atomic E-state index is -0.797. The van der Waals surface area contributed by atoms with Crippen LogP contribution in [0.1, 0.15) is 55.5 Å². The van der Waals surface area contributed by atoms with Gasteiger partial charge in [-0.1, -0.05) is 44.9 Å². The Morgan fingerprint density at radius 2 is 1.88 bits per heavy atom. The van der Waals surface area contributed by atoms with E-state index in [2.05, 4.69) is 10.2 Å². The summed E-state index contributed by atoms with van der Waals surface area (Å²) in [4.78, 5) is 38.0. The average molecular weight is 459 g/mol. The first-order chi connectivity index (χ1) is 15.2. The summed E-state index contributed by atoms with van der Waals surface area (Å²) < 4.78 is 0. The summed E-state index contributed by atoms with van der Waals surface area (Å²) in [5.41, 5.74) is 12.7. The molecule has 1 atom stereocenters. The summed E-state index contributed by atoms with van der Waals surface area (Å²) >= 11 is 1.22. The molecular formula is C23H30N4O4S. The first-order valence-electron chi connectivity index (χ1n) is 10.7. The molecule has 1 heterocycles. The number of primary amides is 2. The van der Waals surface area contributed by atoms with E-state index in [1.807, 2.05) is 38.1 Å². The highest BCUT2D eigenvalue weighted by atomic mass is 32.1. The number of urea groups is 1. The molecule has 0 radical (unpaired) electrons. The minimum absolute atomic E-state index is 0.0193. The zero-order valence-electron chi connectivity index (χ0n) is 18.3. The third-order valence-electron chi connectivity index (χ3n) is 5.85. The van der Waals surface area contributed by atoms with Gasteiger partial charge in [0.05, 0.1) is 5.56 Å². The number of nitrogens with zero attached hydrogens (tertiary/aromatic N) is 1. The van der Waals surface area contributed by atoms with Crippen molar-refractivity contribution in [2.75, 3.05) is 5.32 Å². The van der Waals surface area contributed by atoms with Crippen molar-refractivity contribution in [3.05, 3.63) is 41.5 Å². The van der Waals surface area contributed by atoms with Crippen molar-refractivity contribution in [1.82, 2.24) is 4.90 Å². The molecule has 1 aliphatic rings. The molecule has 0 bridgehead atoms. The second-order valence-electron chi connectivity index (χ2n) is 8.55. The molecule has 32 heavy (non-hydrogen) atoms. The molecule has 1 aromatic carbocycles. The van der Waals surface area contributed by atoms with Crippen molar-refractivity contribution in [3.63, 3.8) is 0 Å². The molecule has 172 valence electrons. The zero-order valence-corrected chi connectivity index (χ0v) is 19.2. The van der Waals surface area contributed by atoms with E-state index in [9.17, 15) is 19.5 Å². The number of carbonyl (C=O) groups excluding carboxylic acids is 2. The summed E-state index contributed by atoms with van der Waals surface area (Å²) in [5.74, 6) is -1.47. The summed E-state index contributed by atoms with van der Waals surface area (Å²) in [6.45, 7) is 4.41. The topological polar surface area (TPSA) is 139 Å². The highest BCUT2D eigenvalue weighted by Gasteiger charge is 2.35. The van der Waals surface area contributed by atoms with Gasteiger partial charge in [-0.2, -0.15) is 0 Å². The third-order valence-corrected chi connectivity index (χ3v) is 6.95. The fourth-order valence-corrected chi connectivity index (χ4v) is 5.52. The molecular weight excluding hydrogens is 428 g/mol. The van der Waals surface area contributed by atoms with E-state index >= 15 is 0 Å². The lowest BCUT2D eigenvalue weighted by Gasteiger charge is -2.36. The standard InChI is InChI=1S/C23H30N4O4S/c1-13(2)19(22(29)30)27(16-8-3-4-9-16)12-14-6-5-7-15(10-14)18-11-17(20(24)28)21(32-18)26-23(25)31/h5-7,10-11,13,16,19H,3-4,8-9,12H2,1-2H3,(H2,24,28)(H,29,30)(H3,25,26,31)/t19-/m0/s1. The maximum atomic E-state index is 12.1. The monoisotopic (exact) mass is 458 g/mol. The highest BCUT2D eigenvalue weighted by molar-refractivity contribution is 7.20. The van der Waals surface area contributed by atoms with Crippen molar-refractivity contribution < 1.29 is 19.5 Å². The van der Waals surface area contributed by atoms with Crippen LogP contribution in [0.3, 0.4) is 0 Å². The zero-order chi connectivity index (χ0) is 23.4. The van der Waals surface area contributed by atoms with Crippen molar-refractivity contribution in [2.24, 2.45) is 17.4 Å². The van der Waals surface area contributed by atoms with Crippen LogP contribution < -0.4 is 16.8 Å². The van der Waals surface area contributed by atoms with Crippen LogP contribution >= 0.6 is 11.3 Å². The minimum Gasteiger partial charge on any atom is -0.480 e. The Morgan fingerprint density at radius 1 is 1.19 bits per heavy atom. The molecule has 1 saturated carbocycles. The van der Waals surface area contributed by atoms with E-state index in [1.165, 1.54) is 11.3 Å². The number of rotatable bonds is 9. The highest BCUT2D eigenvalue weighted by Crippen LogP contribution is 2.36. The number of carbonyl (C=O) groups is 3. The quantitative estimate of drug-likeness (QED) is 0.452. The van der Waals surface area contributed by atoms with Crippen LogP contribution in [0.5, 0.6) is 0 Å². The number of thiophene rings is 1. The Labute approximate surface area is 191 Å². The molecule has 0 aliphatic heterocycles. The van der Waals surface area contributed by atoms with E-state index in [-0.39, 0.29) is 17.5 Å². The first-order valence-corrected chi connectivity index (χ1v) is 11.6. The predicted molar refractivity (Wildman–Crippen MR) is 126 cm³/mol. The largest absolute Gasteiger partial charge is 0.480 e. The lowest BCUT2D eigenvalue weighted by molar-refractivity contribution is -0.146. The average Bonchev–Trinajstić information content (AvgIpc) is 3.37. The van der Waals surface area contributed by atoms with Crippen molar-refractivity contribution >= 4 is 34.2 Å². The second-order valence-corrected chi connectivity index (χ2v) is 9.60. The smallest absolute Gasteiger partial charge is 0.321 e. The number of hydrogen-bond donors (Lipinski definition) is 4. The molecule has 1 fully saturated rings. The maximum absolute atomic E-state index is 12.1. The number of aliphatic carboxylic acids is 1. The van der Waals surface area contributed by atoms with E-state index in [4.69, 9.17) is 11.5 Å². The van der Waals surface area contributed by atoms with Crippen molar-refractivity contribution in [3.8, 4) is 10.4 Å². The lowest BCUT2D eigenvalue weighted by atomic mass is 9.98. The fraction of sp³-hybridized carbons (Fsp3) is 0.435. The van der Waals surface area contributed by atoms with Gasteiger partial charge in [-0.05, 0) is 42.0 Å². The van der Waals surface area contributed by atoms with Crippen molar-refractivity contribution in [2.45, 2.75) is 58.2 Å². The van der Waals surface area contributed by atoms with Crippen LogP contribution in [0.2, 0.25) is 0 Å². The maximum Gasteiger partial charge on any atom is 0.321 e. The number of nitrogens with one attached hydrogen (secondary N) is 1. The molecule has 0 unspecified atom stereocenters.